The van der Waals surface area contributed by atoms with Crippen molar-refractivity contribution in [1.29, 1.82) is 0 Å². The zero-order valence-corrected chi connectivity index (χ0v) is 10.9. The van der Waals surface area contributed by atoms with Crippen LogP contribution < -0.4 is 34.7 Å². The molecule has 0 saturated heterocycles. The van der Waals surface area contributed by atoms with E-state index >= 15 is 0 Å². The fraction of sp³-hybridized carbons (Fsp3) is 1.00. The largest absolute Gasteiger partial charge is 1.00 e. The molecule has 12 heavy (non-hydrogen) atoms. The molecule has 0 aromatic heterocycles. The predicted octanol–water partition coefficient (Wildman–Crippen LogP) is -1.04. The number of rotatable bonds is 1. The van der Waals surface area contributed by atoms with E-state index in [-0.39, 0.29) is 29.6 Å². The van der Waals surface area contributed by atoms with Gasteiger partial charge in [0.25, 0.3) is 0 Å². The van der Waals surface area contributed by atoms with Crippen LogP contribution in [0.3, 0.4) is 0 Å². The van der Waals surface area contributed by atoms with Gasteiger partial charge >= 0.3 is 29.6 Å². The average molecular weight is 178 g/mol. The van der Waals surface area contributed by atoms with Gasteiger partial charge in [-0.15, -0.1) is 5.60 Å². The average Bonchev–Trinajstić information content (AvgIpc) is 1.86. The maximum absolute atomic E-state index is 11.5. The van der Waals surface area contributed by atoms with Gasteiger partial charge in [0, 0.05) is 0 Å². The molecular weight excluding hydrogens is 159 g/mol. The molecule has 2 heteroatoms. The molecular formula is C10H19NaO. The van der Waals surface area contributed by atoms with Gasteiger partial charge in [-0.2, -0.15) is 0 Å². The molecule has 0 unspecified atom stereocenters. The first kappa shape index (κ1) is 13.0. The molecule has 0 N–H and O–H groups in total. The summed E-state index contributed by atoms with van der Waals surface area (Å²) in [5, 5.41) is 11.5. The van der Waals surface area contributed by atoms with Crippen LogP contribution >= 0.6 is 0 Å². The monoisotopic (exact) mass is 178 g/mol. The van der Waals surface area contributed by atoms with Crippen LogP contribution in [0.5, 0.6) is 0 Å². The minimum absolute atomic E-state index is 0. The van der Waals surface area contributed by atoms with Gasteiger partial charge in [0.05, 0.1) is 0 Å². The standard InChI is InChI=1S/C10H19O.Na/c1-8(2)9-4-6-10(3,11)7-5-9;/h8-9H,4-7H2,1-3H3;/q-1;+1. The van der Waals surface area contributed by atoms with Crippen LogP contribution in [0.4, 0.5) is 0 Å². The van der Waals surface area contributed by atoms with Crippen molar-refractivity contribution in [1.82, 2.24) is 0 Å². The third-order valence-electron chi connectivity index (χ3n) is 3.03. The Balaban J connectivity index is 0.00000121. The van der Waals surface area contributed by atoms with Crippen molar-refractivity contribution in [3.63, 3.8) is 0 Å². The molecule has 1 fully saturated rings. The molecule has 0 aromatic rings. The van der Waals surface area contributed by atoms with Gasteiger partial charge in [-0.25, -0.2) is 0 Å². The van der Waals surface area contributed by atoms with Gasteiger partial charge in [0.15, 0.2) is 0 Å². The first-order chi connectivity index (χ1) is 5.01. The molecule has 1 rings (SSSR count). The molecule has 0 radical (unpaired) electrons. The molecule has 0 aliphatic heterocycles. The fourth-order valence-electron chi connectivity index (χ4n) is 1.92. The summed E-state index contributed by atoms with van der Waals surface area (Å²) in [7, 11) is 0. The summed E-state index contributed by atoms with van der Waals surface area (Å²) < 4.78 is 0. The van der Waals surface area contributed by atoms with Gasteiger partial charge in [0.2, 0.25) is 0 Å². The van der Waals surface area contributed by atoms with Crippen molar-refractivity contribution >= 4 is 0 Å². The van der Waals surface area contributed by atoms with E-state index in [1.54, 1.807) is 0 Å². The smallest absolute Gasteiger partial charge is 0.850 e. The van der Waals surface area contributed by atoms with Gasteiger partial charge in [-0.1, -0.05) is 46.5 Å². The first-order valence-electron chi connectivity index (χ1n) is 4.72. The summed E-state index contributed by atoms with van der Waals surface area (Å²) in [6, 6.07) is 0. The molecule has 0 amide bonds. The van der Waals surface area contributed by atoms with E-state index in [2.05, 4.69) is 13.8 Å². The van der Waals surface area contributed by atoms with Crippen molar-refractivity contribution in [3.8, 4) is 0 Å². The van der Waals surface area contributed by atoms with Crippen LogP contribution in [-0.4, -0.2) is 5.60 Å². The van der Waals surface area contributed by atoms with E-state index in [4.69, 9.17) is 0 Å². The quantitative estimate of drug-likeness (QED) is 0.470. The molecule has 1 nitrogen and oxygen atoms in total. The third-order valence-corrected chi connectivity index (χ3v) is 3.03. The van der Waals surface area contributed by atoms with E-state index in [0.717, 1.165) is 37.5 Å². The Morgan fingerprint density at radius 3 is 2.00 bits per heavy atom. The second-order valence-corrected chi connectivity index (χ2v) is 4.53. The summed E-state index contributed by atoms with van der Waals surface area (Å²) in [6.45, 7) is 6.37. The zero-order chi connectivity index (χ0) is 8.48. The molecule has 0 bridgehead atoms. The maximum atomic E-state index is 11.5. The second kappa shape index (κ2) is 4.99. The number of hydrogen-bond donors (Lipinski definition) is 0. The maximum Gasteiger partial charge on any atom is 1.00 e. The van der Waals surface area contributed by atoms with Crippen molar-refractivity contribution in [3.05, 3.63) is 0 Å². The van der Waals surface area contributed by atoms with E-state index in [1.165, 1.54) is 0 Å². The summed E-state index contributed by atoms with van der Waals surface area (Å²) in [6.07, 6.45) is 4.07. The van der Waals surface area contributed by atoms with Crippen LogP contribution in [0, 0.1) is 11.8 Å². The van der Waals surface area contributed by atoms with E-state index in [9.17, 15) is 5.11 Å². The minimum atomic E-state index is -0.606. The molecule has 66 valence electrons. The fourth-order valence-corrected chi connectivity index (χ4v) is 1.92. The van der Waals surface area contributed by atoms with Crippen LogP contribution in [0.15, 0.2) is 0 Å². The number of hydrogen-bond acceptors (Lipinski definition) is 1. The van der Waals surface area contributed by atoms with Crippen molar-refractivity contribution < 1.29 is 34.7 Å². The molecule has 0 spiro atoms. The Kier molecular flexibility index (Phi) is 5.39. The van der Waals surface area contributed by atoms with Crippen LogP contribution in [0.1, 0.15) is 46.5 Å². The second-order valence-electron chi connectivity index (χ2n) is 4.53. The molecule has 1 aliphatic rings. The molecule has 1 aliphatic carbocycles. The molecule has 1 saturated carbocycles. The Morgan fingerprint density at radius 1 is 1.25 bits per heavy atom. The van der Waals surface area contributed by atoms with Crippen molar-refractivity contribution in [2.45, 2.75) is 52.1 Å². The van der Waals surface area contributed by atoms with Gasteiger partial charge < -0.3 is 5.11 Å². The Bertz CT molecular complexity index is 122. The Labute approximate surface area is 98.2 Å². The van der Waals surface area contributed by atoms with Crippen molar-refractivity contribution in [2.24, 2.45) is 11.8 Å². The summed E-state index contributed by atoms with van der Waals surface area (Å²) in [5.74, 6) is 1.59. The van der Waals surface area contributed by atoms with E-state index in [1.807, 2.05) is 6.92 Å². The van der Waals surface area contributed by atoms with Crippen LogP contribution in [0.2, 0.25) is 0 Å². The summed E-state index contributed by atoms with van der Waals surface area (Å²) in [5.41, 5.74) is -0.606. The van der Waals surface area contributed by atoms with Crippen LogP contribution in [-0.2, 0) is 0 Å². The molecule has 0 atom stereocenters. The summed E-state index contributed by atoms with van der Waals surface area (Å²) >= 11 is 0. The minimum Gasteiger partial charge on any atom is -0.850 e. The van der Waals surface area contributed by atoms with Crippen molar-refractivity contribution in [2.75, 3.05) is 0 Å². The van der Waals surface area contributed by atoms with Gasteiger partial charge in [-0.05, 0) is 11.8 Å². The Morgan fingerprint density at radius 2 is 1.67 bits per heavy atom. The molecule has 0 heterocycles. The topological polar surface area (TPSA) is 23.1 Å². The predicted molar refractivity (Wildman–Crippen MR) is 45.2 cm³/mol. The summed E-state index contributed by atoms with van der Waals surface area (Å²) in [4.78, 5) is 0. The van der Waals surface area contributed by atoms with E-state index in [0.29, 0.717) is 0 Å². The Hall–Kier alpha value is 0.960. The first-order valence-corrected chi connectivity index (χ1v) is 4.72. The SMILES string of the molecule is CC(C)C1CCC(C)([O-])CC1.[Na+]. The van der Waals surface area contributed by atoms with E-state index < -0.39 is 5.60 Å². The molecule has 0 aromatic carbocycles. The third kappa shape index (κ3) is 3.78. The van der Waals surface area contributed by atoms with Gasteiger partial charge in [0.1, 0.15) is 0 Å². The normalized spacial score (nSPS) is 36.2. The van der Waals surface area contributed by atoms with Crippen LogP contribution in [0.25, 0.3) is 0 Å². The van der Waals surface area contributed by atoms with Gasteiger partial charge in [-0.3, -0.25) is 0 Å². The zero-order valence-electron chi connectivity index (χ0n) is 8.89.